The van der Waals surface area contributed by atoms with E-state index in [1.54, 1.807) is 0 Å². The van der Waals surface area contributed by atoms with E-state index < -0.39 is 52.9 Å². The van der Waals surface area contributed by atoms with Gasteiger partial charge in [-0.2, -0.15) is 26.3 Å². The molecule has 2 nitrogen and oxygen atoms in total. The molecule has 0 unspecified atom stereocenters. The zero-order chi connectivity index (χ0) is 17.5. The van der Waals surface area contributed by atoms with Gasteiger partial charge in [-0.05, 0) is 12.1 Å². The Hall–Kier alpha value is -1.06. The van der Waals surface area contributed by atoms with Crippen molar-refractivity contribution in [3.8, 4) is 0 Å². The van der Waals surface area contributed by atoms with Gasteiger partial charge in [0.05, 0.1) is 11.1 Å². The molecule has 10 heteroatoms. The molecular formula is C13H15ClF7NO. The average Bonchev–Trinajstić information content (AvgIpc) is 2.34. The Morgan fingerprint density at radius 3 is 1.87 bits per heavy atom. The average molecular weight is 370 g/mol. The first-order valence-electron chi connectivity index (χ1n) is 6.06. The van der Waals surface area contributed by atoms with Crippen LogP contribution in [0.5, 0.6) is 0 Å². The van der Waals surface area contributed by atoms with E-state index >= 15 is 0 Å². The van der Waals surface area contributed by atoms with Crippen molar-refractivity contribution >= 4 is 12.4 Å². The van der Waals surface area contributed by atoms with Gasteiger partial charge in [0.1, 0.15) is 5.82 Å². The number of aliphatic hydroxyl groups excluding tert-OH is 1. The number of nitrogens with two attached hydrogens (primary N) is 1. The van der Waals surface area contributed by atoms with Gasteiger partial charge in [-0.1, -0.05) is 13.8 Å². The topological polar surface area (TPSA) is 46.2 Å². The van der Waals surface area contributed by atoms with Gasteiger partial charge in [0.2, 0.25) is 0 Å². The lowest BCUT2D eigenvalue weighted by molar-refractivity contribution is -0.144. The van der Waals surface area contributed by atoms with Crippen molar-refractivity contribution in [1.82, 2.24) is 0 Å². The zero-order valence-corrected chi connectivity index (χ0v) is 12.8. The van der Waals surface area contributed by atoms with Crippen LogP contribution in [0.25, 0.3) is 0 Å². The van der Waals surface area contributed by atoms with Crippen LogP contribution < -0.4 is 5.73 Å². The Balaban J connectivity index is 0.00000484. The molecule has 0 aliphatic carbocycles. The third-order valence-corrected chi connectivity index (χ3v) is 3.32. The molecule has 0 fully saturated rings. The van der Waals surface area contributed by atoms with Gasteiger partial charge in [-0.3, -0.25) is 0 Å². The van der Waals surface area contributed by atoms with Gasteiger partial charge in [-0.25, -0.2) is 4.39 Å². The van der Waals surface area contributed by atoms with Crippen LogP contribution >= 0.6 is 12.4 Å². The minimum Gasteiger partial charge on any atom is -0.396 e. The quantitative estimate of drug-likeness (QED) is 0.780. The lowest BCUT2D eigenvalue weighted by Crippen LogP contribution is -2.35. The van der Waals surface area contributed by atoms with E-state index in [9.17, 15) is 30.7 Å². The standard InChI is InChI=1S/C13H14F7NO.ClH/c1-11(2,5-22)10(21)9-7(13(18,19)20)3-6(4-8(9)14)12(15,16)17;/h3-4,10,22H,5,21H2,1-2H3;1H/t10-;/m1./s1. The molecule has 1 atom stereocenters. The second kappa shape index (κ2) is 6.82. The summed E-state index contributed by atoms with van der Waals surface area (Å²) in [7, 11) is 0. The van der Waals surface area contributed by atoms with Gasteiger partial charge < -0.3 is 10.8 Å². The second-order valence-corrected chi connectivity index (χ2v) is 5.54. The first kappa shape index (κ1) is 21.9. The maximum atomic E-state index is 13.9. The predicted molar refractivity (Wildman–Crippen MR) is 71.4 cm³/mol. The van der Waals surface area contributed by atoms with Gasteiger partial charge in [-0.15, -0.1) is 12.4 Å². The highest BCUT2D eigenvalue weighted by molar-refractivity contribution is 5.85. The third kappa shape index (κ3) is 4.71. The minimum atomic E-state index is -5.22. The van der Waals surface area contributed by atoms with Crippen LogP contribution in [0.4, 0.5) is 30.7 Å². The molecule has 0 radical (unpaired) electrons. The fourth-order valence-corrected chi connectivity index (χ4v) is 1.82. The summed E-state index contributed by atoms with van der Waals surface area (Å²) >= 11 is 0. The van der Waals surface area contributed by atoms with Crippen LogP contribution in [-0.4, -0.2) is 11.7 Å². The van der Waals surface area contributed by atoms with E-state index in [-0.39, 0.29) is 24.5 Å². The fourth-order valence-electron chi connectivity index (χ4n) is 1.82. The summed E-state index contributed by atoms with van der Waals surface area (Å²) in [5.41, 5.74) is -0.451. The van der Waals surface area contributed by atoms with Crippen LogP contribution in [-0.2, 0) is 12.4 Å². The van der Waals surface area contributed by atoms with Gasteiger partial charge in [0.15, 0.2) is 0 Å². The number of aliphatic hydroxyl groups is 1. The van der Waals surface area contributed by atoms with Crippen LogP contribution in [0.15, 0.2) is 12.1 Å². The summed E-state index contributed by atoms with van der Waals surface area (Å²) < 4.78 is 90.6. The van der Waals surface area contributed by atoms with Crippen molar-refractivity contribution in [3.05, 3.63) is 34.6 Å². The van der Waals surface area contributed by atoms with Crippen LogP contribution in [0.2, 0.25) is 0 Å². The molecule has 0 heterocycles. The van der Waals surface area contributed by atoms with Crippen molar-refractivity contribution in [2.45, 2.75) is 32.2 Å². The van der Waals surface area contributed by atoms with Crippen molar-refractivity contribution in [2.75, 3.05) is 6.61 Å². The maximum Gasteiger partial charge on any atom is 0.416 e. The lowest BCUT2D eigenvalue weighted by atomic mass is 9.79. The summed E-state index contributed by atoms with van der Waals surface area (Å²) in [4.78, 5) is 0. The van der Waals surface area contributed by atoms with Crippen molar-refractivity contribution in [3.63, 3.8) is 0 Å². The summed E-state index contributed by atoms with van der Waals surface area (Å²) in [6, 6.07) is -1.85. The molecule has 1 aromatic carbocycles. The van der Waals surface area contributed by atoms with Gasteiger partial charge in [0.25, 0.3) is 0 Å². The fraction of sp³-hybridized carbons (Fsp3) is 0.538. The van der Waals surface area contributed by atoms with E-state index in [1.807, 2.05) is 0 Å². The molecule has 0 aliphatic heterocycles. The number of rotatable bonds is 3. The van der Waals surface area contributed by atoms with Crippen molar-refractivity contribution < 1.29 is 35.8 Å². The zero-order valence-electron chi connectivity index (χ0n) is 12.0. The molecule has 1 rings (SSSR count). The smallest absolute Gasteiger partial charge is 0.396 e. The molecule has 0 saturated carbocycles. The molecule has 0 bridgehead atoms. The number of alkyl halides is 6. The van der Waals surface area contributed by atoms with Gasteiger partial charge >= 0.3 is 12.4 Å². The van der Waals surface area contributed by atoms with Crippen molar-refractivity contribution in [2.24, 2.45) is 11.1 Å². The van der Waals surface area contributed by atoms with E-state index in [0.29, 0.717) is 0 Å². The molecule has 0 amide bonds. The first-order valence-corrected chi connectivity index (χ1v) is 6.06. The molecular weight excluding hydrogens is 355 g/mol. The molecule has 0 aliphatic rings. The molecule has 23 heavy (non-hydrogen) atoms. The molecule has 134 valence electrons. The Labute approximate surface area is 133 Å². The number of halogens is 8. The Morgan fingerprint density at radius 1 is 1.04 bits per heavy atom. The van der Waals surface area contributed by atoms with E-state index in [1.165, 1.54) is 13.8 Å². The van der Waals surface area contributed by atoms with E-state index in [4.69, 9.17) is 10.8 Å². The Kier molecular flexibility index (Phi) is 6.51. The van der Waals surface area contributed by atoms with Crippen LogP contribution in [0, 0.1) is 11.2 Å². The number of benzene rings is 1. The summed E-state index contributed by atoms with van der Waals surface area (Å²) in [6.07, 6.45) is -10.4. The first-order chi connectivity index (χ1) is 9.71. The summed E-state index contributed by atoms with van der Waals surface area (Å²) in [5, 5.41) is 9.13. The highest BCUT2D eigenvalue weighted by Crippen LogP contribution is 2.43. The van der Waals surface area contributed by atoms with Crippen LogP contribution in [0.3, 0.4) is 0 Å². The molecule has 3 N–H and O–H groups in total. The Morgan fingerprint density at radius 2 is 1.52 bits per heavy atom. The summed E-state index contributed by atoms with van der Waals surface area (Å²) in [6.45, 7) is 1.87. The van der Waals surface area contributed by atoms with Crippen molar-refractivity contribution in [1.29, 1.82) is 0 Å². The molecule has 0 aromatic heterocycles. The predicted octanol–water partition coefficient (Wildman–Crippen LogP) is 4.30. The highest BCUT2D eigenvalue weighted by Gasteiger charge is 2.43. The second-order valence-electron chi connectivity index (χ2n) is 5.54. The third-order valence-electron chi connectivity index (χ3n) is 3.32. The van der Waals surface area contributed by atoms with Gasteiger partial charge in [0, 0.05) is 23.6 Å². The van der Waals surface area contributed by atoms with Crippen LogP contribution in [0.1, 0.15) is 36.6 Å². The number of hydrogen-bond acceptors (Lipinski definition) is 2. The highest BCUT2D eigenvalue weighted by atomic mass is 35.5. The normalized spacial score (nSPS) is 14.4. The molecule has 0 spiro atoms. The number of hydrogen-bond donors (Lipinski definition) is 2. The molecule has 0 saturated heterocycles. The SMILES string of the molecule is CC(C)(CO)[C@H](N)c1c(F)cc(C(F)(F)F)cc1C(F)(F)F.Cl. The largest absolute Gasteiger partial charge is 0.416 e. The Bertz CT molecular complexity index is 554. The van der Waals surface area contributed by atoms with E-state index in [0.717, 1.165) is 0 Å². The minimum absolute atomic E-state index is 0. The maximum absolute atomic E-state index is 13.9. The molecule has 1 aromatic rings. The monoisotopic (exact) mass is 369 g/mol. The van der Waals surface area contributed by atoms with E-state index in [2.05, 4.69) is 0 Å². The lowest BCUT2D eigenvalue weighted by Gasteiger charge is -2.32. The summed E-state index contributed by atoms with van der Waals surface area (Å²) in [5.74, 6) is -1.71.